The van der Waals surface area contributed by atoms with Gasteiger partial charge in [-0.2, -0.15) is 0 Å². The van der Waals surface area contributed by atoms with Gasteiger partial charge in [0, 0.05) is 18.6 Å². The van der Waals surface area contributed by atoms with Crippen LogP contribution in [0.1, 0.15) is 24.0 Å². The SMILES string of the molecule is Cc1ccccc1C1(C(=O)NC2C=CN(c3ccncc3)N2)CC1. The molecule has 0 saturated heterocycles. The van der Waals surface area contributed by atoms with Crippen molar-refractivity contribution in [3.8, 4) is 0 Å². The van der Waals surface area contributed by atoms with Crippen molar-refractivity contribution < 1.29 is 4.79 Å². The average Bonchev–Trinajstić information content (AvgIpc) is 3.29. The highest BCUT2D eigenvalue weighted by Gasteiger charge is 2.52. The van der Waals surface area contributed by atoms with Crippen molar-refractivity contribution in [1.29, 1.82) is 0 Å². The minimum atomic E-state index is -0.356. The molecule has 5 nitrogen and oxygen atoms in total. The molecule has 1 aliphatic carbocycles. The van der Waals surface area contributed by atoms with Crippen LogP contribution in [0.3, 0.4) is 0 Å². The number of hydrogen-bond donors (Lipinski definition) is 2. The summed E-state index contributed by atoms with van der Waals surface area (Å²) in [6, 6.07) is 12.0. The summed E-state index contributed by atoms with van der Waals surface area (Å²) in [7, 11) is 0. The van der Waals surface area contributed by atoms with Crippen molar-refractivity contribution in [3.63, 3.8) is 0 Å². The standard InChI is InChI=1S/C19H20N4O/c1-14-4-2-3-5-16(14)19(9-10-19)18(24)21-17-8-13-23(22-17)15-6-11-20-12-7-15/h2-8,11-13,17,22H,9-10H2,1H3,(H,21,24). The number of nitrogens with one attached hydrogen (secondary N) is 2. The minimum absolute atomic E-state index is 0.0931. The molecule has 1 aromatic heterocycles. The predicted molar refractivity (Wildman–Crippen MR) is 93.0 cm³/mol. The zero-order chi connectivity index (χ0) is 16.6. The number of pyridine rings is 1. The molecule has 1 unspecified atom stereocenters. The van der Waals surface area contributed by atoms with Crippen molar-refractivity contribution in [1.82, 2.24) is 15.7 Å². The largest absolute Gasteiger partial charge is 0.335 e. The fourth-order valence-electron chi connectivity index (χ4n) is 3.29. The molecule has 5 heteroatoms. The van der Waals surface area contributed by atoms with Crippen LogP contribution in [-0.2, 0) is 10.2 Å². The zero-order valence-corrected chi connectivity index (χ0v) is 13.6. The monoisotopic (exact) mass is 320 g/mol. The van der Waals surface area contributed by atoms with Gasteiger partial charge in [-0.25, -0.2) is 5.43 Å². The van der Waals surface area contributed by atoms with Crippen LogP contribution in [0.5, 0.6) is 0 Å². The van der Waals surface area contributed by atoms with E-state index in [4.69, 9.17) is 0 Å². The van der Waals surface area contributed by atoms with Gasteiger partial charge in [0.05, 0.1) is 11.1 Å². The first kappa shape index (κ1) is 14.9. The van der Waals surface area contributed by atoms with Crippen molar-refractivity contribution in [2.24, 2.45) is 0 Å². The molecule has 2 aliphatic rings. The number of hydrazine groups is 1. The Morgan fingerprint density at radius 1 is 1.25 bits per heavy atom. The molecule has 1 aliphatic heterocycles. The molecule has 2 heterocycles. The van der Waals surface area contributed by atoms with Gasteiger partial charge >= 0.3 is 0 Å². The molecule has 1 saturated carbocycles. The van der Waals surface area contributed by atoms with Gasteiger partial charge in [0.15, 0.2) is 0 Å². The smallest absolute Gasteiger partial charge is 0.232 e. The van der Waals surface area contributed by atoms with Crippen LogP contribution in [0.15, 0.2) is 61.1 Å². The summed E-state index contributed by atoms with van der Waals surface area (Å²) in [6.07, 6.45) is 8.98. The summed E-state index contributed by atoms with van der Waals surface area (Å²) in [5, 5.41) is 5.00. The first-order valence-electron chi connectivity index (χ1n) is 8.20. The maximum Gasteiger partial charge on any atom is 0.232 e. The molecule has 2 N–H and O–H groups in total. The van der Waals surface area contributed by atoms with Gasteiger partial charge in [0.1, 0.15) is 6.17 Å². The van der Waals surface area contributed by atoms with E-state index in [0.717, 1.165) is 24.1 Å². The van der Waals surface area contributed by atoms with Gasteiger partial charge in [-0.1, -0.05) is 24.3 Å². The molecule has 1 amide bonds. The number of anilines is 1. The third-order valence-electron chi connectivity index (χ3n) is 4.78. The van der Waals surface area contributed by atoms with E-state index in [1.165, 1.54) is 5.56 Å². The molecular formula is C19H20N4O. The summed E-state index contributed by atoms with van der Waals surface area (Å²) < 4.78 is 0. The highest BCUT2D eigenvalue weighted by atomic mass is 16.2. The normalized spacial score (nSPS) is 20.9. The fraction of sp³-hybridized carbons (Fsp3) is 0.263. The molecule has 0 spiro atoms. The summed E-state index contributed by atoms with van der Waals surface area (Å²) in [5.74, 6) is 0.0931. The highest BCUT2D eigenvalue weighted by molar-refractivity contribution is 5.92. The summed E-state index contributed by atoms with van der Waals surface area (Å²) in [6.45, 7) is 2.07. The van der Waals surface area contributed by atoms with Gasteiger partial charge in [-0.3, -0.25) is 14.8 Å². The van der Waals surface area contributed by atoms with E-state index in [0.29, 0.717) is 0 Å². The lowest BCUT2D eigenvalue weighted by Gasteiger charge is -2.23. The van der Waals surface area contributed by atoms with Crippen LogP contribution in [0.2, 0.25) is 0 Å². The first-order valence-corrected chi connectivity index (χ1v) is 8.20. The van der Waals surface area contributed by atoms with Crippen LogP contribution >= 0.6 is 0 Å². The summed E-state index contributed by atoms with van der Waals surface area (Å²) in [4.78, 5) is 16.9. The maximum atomic E-state index is 12.9. The molecule has 1 fully saturated rings. The van der Waals surface area contributed by atoms with E-state index in [1.807, 2.05) is 41.6 Å². The number of benzene rings is 1. The number of carbonyl (C=O) groups is 1. The Balaban J connectivity index is 1.45. The van der Waals surface area contributed by atoms with Crippen molar-refractivity contribution in [2.75, 3.05) is 5.01 Å². The molecular weight excluding hydrogens is 300 g/mol. The van der Waals surface area contributed by atoms with Gasteiger partial charge in [-0.15, -0.1) is 0 Å². The number of hydrogen-bond acceptors (Lipinski definition) is 4. The Hall–Kier alpha value is -2.66. The topological polar surface area (TPSA) is 57.3 Å². The van der Waals surface area contributed by atoms with E-state index in [2.05, 4.69) is 34.8 Å². The minimum Gasteiger partial charge on any atom is -0.335 e. The van der Waals surface area contributed by atoms with Crippen LogP contribution in [0, 0.1) is 6.92 Å². The Labute approximate surface area is 141 Å². The third-order valence-corrected chi connectivity index (χ3v) is 4.78. The third kappa shape index (κ3) is 2.57. The molecule has 2 aromatic rings. The second-order valence-electron chi connectivity index (χ2n) is 6.39. The van der Waals surface area contributed by atoms with Crippen molar-refractivity contribution in [2.45, 2.75) is 31.3 Å². The lowest BCUT2D eigenvalue weighted by Crippen LogP contribution is -2.49. The Morgan fingerprint density at radius 2 is 2.00 bits per heavy atom. The molecule has 1 aromatic carbocycles. The molecule has 4 rings (SSSR count). The Kier molecular flexibility index (Phi) is 3.58. The van der Waals surface area contributed by atoms with E-state index >= 15 is 0 Å². The number of nitrogens with zero attached hydrogens (tertiary/aromatic N) is 2. The van der Waals surface area contributed by atoms with E-state index < -0.39 is 0 Å². The quantitative estimate of drug-likeness (QED) is 0.908. The maximum absolute atomic E-state index is 12.9. The van der Waals surface area contributed by atoms with Crippen LogP contribution in [-0.4, -0.2) is 17.1 Å². The van der Waals surface area contributed by atoms with E-state index in [-0.39, 0.29) is 17.5 Å². The molecule has 1 atom stereocenters. The van der Waals surface area contributed by atoms with Crippen LogP contribution in [0.4, 0.5) is 5.69 Å². The van der Waals surface area contributed by atoms with Gasteiger partial charge < -0.3 is 5.32 Å². The van der Waals surface area contributed by atoms with E-state index in [9.17, 15) is 4.79 Å². The van der Waals surface area contributed by atoms with E-state index in [1.54, 1.807) is 12.4 Å². The number of aryl methyl sites for hydroxylation is 1. The molecule has 0 radical (unpaired) electrons. The molecule has 0 bridgehead atoms. The first-order chi connectivity index (χ1) is 11.7. The summed E-state index contributed by atoms with van der Waals surface area (Å²) in [5.41, 5.74) is 6.22. The Bertz CT molecular complexity index is 783. The number of carbonyl (C=O) groups excluding carboxylic acids is 1. The lowest BCUT2D eigenvalue weighted by atomic mass is 9.91. The summed E-state index contributed by atoms with van der Waals surface area (Å²) >= 11 is 0. The zero-order valence-electron chi connectivity index (χ0n) is 13.6. The van der Waals surface area contributed by atoms with Crippen LogP contribution in [0.25, 0.3) is 0 Å². The molecule has 24 heavy (non-hydrogen) atoms. The predicted octanol–water partition coefficient (Wildman–Crippen LogP) is 2.40. The van der Waals surface area contributed by atoms with Gasteiger partial charge in [0.25, 0.3) is 0 Å². The second-order valence-corrected chi connectivity index (χ2v) is 6.39. The molecule has 122 valence electrons. The second kappa shape index (κ2) is 5.76. The highest BCUT2D eigenvalue weighted by Crippen LogP contribution is 2.49. The van der Waals surface area contributed by atoms with Gasteiger partial charge in [-0.05, 0) is 49.1 Å². The number of rotatable bonds is 4. The van der Waals surface area contributed by atoms with Crippen molar-refractivity contribution >= 4 is 11.6 Å². The average molecular weight is 320 g/mol. The van der Waals surface area contributed by atoms with Crippen LogP contribution < -0.4 is 15.8 Å². The lowest BCUT2D eigenvalue weighted by molar-refractivity contribution is -0.124. The number of aromatic nitrogens is 1. The van der Waals surface area contributed by atoms with Crippen molar-refractivity contribution in [3.05, 3.63) is 72.2 Å². The number of amides is 1. The fourth-order valence-corrected chi connectivity index (χ4v) is 3.29. The Morgan fingerprint density at radius 3 is 2.71 bits per heavy atom. The van der Waals surface area contributed by atoms with Gasteiger partial charge in [0.2, 0.25) is 5.91 Å².